The van der Waals surface area contributed by atoms with Gasteiger partial charge in [0.2, 0.25) is 5.91 Å². The Morgan fingerprint density at radius 1 is 0.794 bits per heavy atom. The number of amides is 1. The maximum Gasteiger partial charge on any atom is 0.233 e. The molecule has 1 aliphatic heterocycles. The minimum atomic E-state index is 0.0304. The van der Waals surface area contributed by atoms with Gasteiger partial charge in [0.15, 0.2) is 0 Å². The second-order valence-corrected chi connectivity index (χ2v) is 8.77. The van der Waals surface area contributed by atoms with E-state index in [1.807, 2.05) is 18.2 Å². The molecular weight excluding hydrogens is 422 g/mol. The van der Waals surface area contributed by atoms with E-state index in [2.05, 4.69) is 88.3 Å². The van der Waals surface area contributed by atoms with Crippen molar-refractivity contribution in [3.8, 4) is 0 Å². The van der Waals surface area contributed by atoms with Crippen LogP contribution in [0, 0.1) is 0 Å². The molecule has 5 heteroatoms. The van der Waals surface area contributed by atoms with Crippen molar-refractivity contribution < 1.29 is 9.53 Å². The van der Waals surface area contributed by atoms with Crippen molar-refractivity contribution >= 4 is 5.91 Å². The first-order chi connectivity index (χ1) is 16.8. The van der Waals surface area contributed by atoms with Crippen LogP contribution in [0.15, 0.2) is 91.0 Å². The fraction of sp³-hybridized carbons (Fsp3) is 0.345. The lowest BCUT2D eigenvalue weighted by Crippen LogP contribution is -2.44. The van der Waals surface area contributed by atoms with Gasteiger partial charge < -0.3 is 15.4 Å². The summed E-state index contributed by atoms with van der Waals surface area (Å²) in [5.74, 6) is 0.289. The Labute approximate surface area is 203 Å². The van der Waals surface area contributed by atoms with Crippen LogP contribution in [-0.4, -0.2) is 56.7 Å². The number of carbonyl (C=O) groups is 1. The van der Waals surface area contributed by atoms with Gasteiger partial charge in [-0.05, 0) is 23.1 Å². The summed E-state index contributed by atoms with van der Waals surface area (Å²) < 4.78 is 5.49. The van der Waals surface area contributed by atoms with E-state index in [1.165, 1.54) is 16.7 Å². The van der Waals surface area contributed by atoms with Gasteiger partial charge in [0.25, 0.3) is 0 Å². The number of morpholine rings is 1. The maximum absolute atomic E-state index is 12.7. The lowest BCUT2D eigenvalue weighted by molar-refractivity contribution is -0.120. The molecule has 0 aromatic heterocycles. The Morgan fingerprint density at radius 2 is 1.32 bits per heavy atom. The first-order valence-corrected chi connectivity index (χ1v) is 12.2. The predicted octanol–water partition coefficient (Wildman–Crippen LogP) is 3.99. The third-order valence-corrected chi connectivity index (χ3v) is 6.41. The molecule has 4 rings (SSSR count). The highest BCUT2D eigenvalue weighted by Gasteiger charge is 2.19. The second kappa shape index (κ2) is 13.0. The summed E-state index contributed by atoms with van der Waals surface area (Å²) in [5, 5.41) is 6.62. The molecule has 0 spiro atoms. The van der Waals surface area contributed by atoms with Gasteiger partial charge in [0.05, 0.1) is 19.8 Å². The zero-order chi connectivity index (χ0) is 23.4. The topological polar surface area (TPSA) is 53.6 Å². The van der Waals surface area contributed by atoms with Crippen LogP contribution in [0.1, 0.15) is 35.1 Å². The monoisotopic (exact) mass is 457 g/mol. The van der Waals surface area contributed by atoms with E-state index < -0.39 is 0 Å². The molecule has 1 atom stereocenters. The Morgan fingerprint density at radius 3 is 1.88 bits per heavy atom. The average Bonchev–Trinajstić information content (AvgIpc) is 2.91. The largest absolute Gasteiger partial charge is 0.379 e. The summed E-state index contributed by atoms with van der Waals surface area (Å²) in [4.78, 5) is 15.1. The quantitative estimate of drug-likeness (QED) is 0.457. The van der Waals surface area contributed by atoms with Gasteiger partial charge in [-0.15, -0.1) is 0 Å². The van der Waals surface area contributed by atoms with E-state index in [0.29, 0.717) is 13.1 Å². The van der Waals surface area contributed by atoms with Gasteiger partial charge in [-0.1, -0.05) is 91.0 Å². The van der Waals surface area contributed by atoms with E-state index in [0.717, 1.165) is 39.3 Å². The van der Waals surface area contributed by atoms with Crippen molar-refractivity contribution in [2.45, 2.75) is 18.4 Å². The van der Waals surface area contributed by atoms with Crippen molar-refractivity contribution in [1.82, 2.24) is 15.5 Å². The SMILES string of the molecule is O=C(CNC(CN1CCOCC1)c1ccccc1)NCCC(c1ccccc1)c1ccccc1. The van der Waals surface area contributed by atoms with E-state index in [-0.39, 0.29) is 17.9 Å². The van der Waals surface area contributed by atoms with Crippen LogP contribution in [0.25, 0.3) is 0 Å². The Kier molecular flexibility index (Phi) is 9.26. The van der Waals surface area contributed by atoms with Crippen molar-refractivity contribution in [3.63, 3.8) is 0 Å². The zero-order valence-corrected chi connectivity index (χ0v) is 19.7. The Bertz CT molecular complexity index is 937. The van der Waals surface area contributed by atoms with Gasteiger partial charge in [0, 0.05) is 38.1 Å². The summed E-state index contributed by atoms with van der Waals surface area (Å²) >= 11 is 0. The predicted molar refractivity (Wildman–Crippen MR) is 137 cm³/mol. The summed E-state index contributed by atoms with van der Waals surface area (Å²) in [6.45, 7) is 5.19. The number of nitrogens with zero attached hydrogens (tertiary/aromatic N) is 1. The molecule has 178 valence electrons. The fourth-order valence-electron chi connectivity index (χ4n) is 4.55. The van der Waals surface area contributed by atoms with Crippen LogP contribution in [0.4, 0.5) is 0 Å². The molecule has 3 aromatic carbocycles. The van der Waals surface area contributed by atoms with Crippen molar-refractivity contribution in [3.05, 3.63) is 108 Å². The first-order valence-electron chi connectivity index (χ1n) is 12.2. The second-order valence-electron chi connectivity index (χ2n) is 8.77. The standard InChI is InChI=1S/C29H35N3O2/c33-29(22-31-28(26-14-8-3-9-15-26)23-32-18-20-34-21-19-32)30-17-16-27(24-10-4-1-5-11-24)25-12-6-2-7-13-25/h1-15,27-28,31H,16-23H2,(H,30,33). The number of hydrogen-bond donors (Lipinski definition) is 2. The van der Waals surface area contributed by atoms with E-state index >= 15 is 0 Å². The van der Waals surface area contributed by atoms with Gasteiger partial charge in [0.1, 0.15) is 0 Å². The molecule has 0 radical (unpaired) electrons. The summed E-state index contributed by atoms with van der Waals surface area (Å²) in [5.41, 5.74) is 3.75. The van der Waals surface area contributed by atoms with Gasteiger partial charge in [-0.25, -0.2) is 0 Å². The van der Waals surface area contributed by atoms with Gasteiger partial charge in [-0.3, -0.25) is 9.69 Å². The molecular formula is C29H35N3O2. The first kappa shape index (κ1) is 24.1. The molecule has 0 aliphatic carbocycles. The summed E-state index contributed by atoms with van der Waals surface area (Å²) in [7, 11) is 0. The number of benzene rings is 3. The van der Waals surface area contributed by atoms with Crippen LogP contribution in [0.2, 0.25) is 0 Å². The number of rotatable bonds is 11. The number of ether oxygens (including phenoxy) is 1. The smallest absolute Gasteiger partial charge is 0.233 e. The average molecular weight is 458 g/mol. The van der Waals surface area contributed by atoms with Crippen LogP contribution >= 0.6 is 0 Å². The number of nitrogens with one attached hydrogen (secondary N) is 2. The molecule has 1 heterocycles. The molecule has 0 bridgehead atoms. The van der Waals surface area contributed by atoms with Crippen LogP contribution in [-0.2, 0) is 9.53 Å². The highest BCUT2D eigenvalue weighted by atomic mass is 16.5. The molecule has 3 aromatic rings. The third-order valence-electron chi connectivity index (χ3n) is 6.41. The molecule has 5 nitrogen and oxygen atoms in total. The number of hydrogen-bond acceptors (Lipinski definition) is 4. The molecule has 1 aliphatic rings. The van der Waals surface area contributed by atoms with Gasteiger partial charge >= 0.3 is 0 Å². The molecule has 2 N–H and O–H groups in total. The third kappa shape index (κ3) is 7.26. The summed E-state index contributed by atoms with van der Waals surface area (Å²) in [6, 6.07) is 31.5. The molecule has 34 heavy (non-hydrogen) atoms. The lowest BCUT2D eigenvalue weighted by atomic mass is 9.88. The van der Waals surface area contributed by atoms with E-state index in [4.69, 9.17) is 4.74 Å². The maximum atomic E-state index is 12.7. The highest BCUT2D eigenvalue weighted by Crippen LogP contribution is 2.27. The van der Waals surface area contributed by atoms with Crippen LogP contribution in [0.5, 0.6) is 0 Å². The zero-order valence-electron chi connectivity index (χ0n) is 19.7. The minimum Gasteiger partial charge on any atom is -0.379 e. The Hall–Kier alpha value is -2.99. The highest BCUT2D eigenvalue weighted by molar-refractivity contribution is 5.78. The van der Waals surface area contributed by atoms with E-state index in [1.54, 1.807) is 0 Å². The van der Waals surface area contributed by atoms with Crippen molar-refractivity contribution in [2.24, 2.45) is 0 Å². The lowest BCUT2D eigenvalue weighted by Gasteiger charge is -2.31. The molecule has 0 saturated carbocycles. The normalized spacial score (nSPS) is 15.2. The van der Waals surface area contributed by atoms with E-state index in [9.17, 15) is 4.79 Å². The van der Waals surface area contributed by atoms with Crippen molar-refractivity contribution in [1.29, 1.82) is 0 Å². The van der Waals surface area contributed by atoms with Crippen molar-refractivity contribution in [2.75, 3.05) is 45.9 Å². The molecule has 1 saturated heterocycles. The molecule has 1 fully saturated rings. The molecule has 1 unspecified atom stereocenters. The van der Waals surface area contributed by atoms with Crippen LogP contribution < -0.4 is 10.6 Å². The fourth-order valence-corrected chi connectivity index (χ4v) is 4.55. The van der Waals surface area contributed by atoms with Gasteiger partial charge in [-0.2, -0.15) is 0 Å². The summed E-state index contributed by atoms with van der Waals surface area (Å²) in [6.07, 6.45) is 0.857. The molecule has 1 amide bonds. The minimum absolute atomic E-state index is 0.0304. The Balaban J connectivity index is 1.31. The van der Waals surface area contributed by atoms with Crippen LogP contribution in [0.3, 0.4) is 0 Å². The number of carbonyl (C=O) groups excluding carboxylic acids is 1.